The Morgan fingerprint density at radius 3 is 2.43 bits per heavy atom. The number of hydrogen-bond donors (Lipinski definition) is 1. The van der Waals surface area contributed by atoms with E-state index in [9.17, 15) is 4.79 Å². The average Bonchev–Trinajstić information content (AvgIpc) is 2.65. The van der Waals surface area contributed by atoms with E-state index in [1.54, 1.807) is 7.05 Å². The molecule has 1 fully saturated rings. The zero-order chi connectivity index (χ0) is 10.6. The highest BCUT2D eigenvalue weighted by Crippen LogP contribution is 2.24. The van der Waals surface area contributed by atoms with Crippen LogP contribution in [0.2, 0.25) is 0 Å². The molecule has 0 radical (unpaired) electrons. The van der Waals surface area contributed by atoms with E-state index in [2.05, 4.69) is 19.2 Å². The molecule has 1 N–H and O–H groups in total. The van der Waals surface area contributed by atoms with Crippen molar-refractivity contribution in [1.82, 2.24) is 10.2 Å². The van der Waals surface area contributed by atoms with Gasteiger partial charge in [-0.15, -0.1) is 0 Å². The van der Waals surface area contributed by atoms with E-state index in [0.717, 1.165) is 6.54 Å². The summed E-state index contributed by atoms with van der Waals surface area (Å²) in [6.07, 6.45) is 4.91. The monoisotopic (exact) mass is 198 g/mol. The lowest BCUT2D eigenvalue weighted by Gasteiger charge is -2.30. The summed E-state index contributed by atoms with van der Waals surface area (Å²) in [4.78, 5) is 13.7. The first-order valence-corrected chi connectivity index (χ1v) is 5.63. The summed E-state index contributed by atoms with van der Waals surface area (Å²) in [5.74, 6) is 0.549. The Morgan fingerprint density at radius 1 is 1.43 bits per heavy atom. The van der Waals surface area contributed by atoms with Gasteiger partial charge in [-0.05, 0) is 18.8 Å². The fourth-order valence-corrected chi connectivity index (χ4v) is 2.15. The van der Waals surface area contributed by atoms with Gasteiger partial charge < -0.3 is 10.2 Å². The van der Waals surface area contributed by atoms with Crippen molar-refractivity contribution in [2.45, 2.75) is 45.6 Å². The third kappa shape index (κ3) is 2.89. The number of urea groups is 1. The number of nitrogens with zero attached hydrogens (tertiary/aromatic N) is 1. The predicted molar refractivity (Wildman–Crippen MR) is 58.3 cm³/mol. The van der Waals surface area contributed by atoms with Gasteiger partial charge in [0.05, 0.1) is 0 Å². The second-order valence-electron chi connectivity index (χ2n) is 4.54. The molecule has 1 saturated carbocycles. The van der Waals surface area contributed by atoms with Gasteiger partial charge in [0, 0.05) is 19.6 Å². The van der Waals surface area contributed by atoms with Crippen LogP contribution in [0.3, 0.4) is 0 Å². The van der Waals surface area contributed by atoms with Crippen LogP contribution in [0.1, 0.15) is 39.5 Å². The Labute approximate surface area is 86.9 Å². The molecule has 1 aliphatic carbocycles. The highest BCUT2D eigenvalue weighted by molar-refractivity contribution is 5.74. The van der Waals surface area contributed by atoms with Crippen molar-refractivity contribution >= 4 is 6.03 Å². The molecule has 0 saturated heterocycles. The largest absolute Gasteiger partial charge is 0.341 e. The minimum Gasteiger partial charge on any atom is -0.341 e. The first-order chi connectivity index (χ1) is 6.65. The summed E-state index contributed by atoms with van der Waals surface area (Å²) in [6.45, 7) is 5.19. The van der Waals surface area contributed by atoms with Crippen LogP contribution >= 0.6 is 0 Å². The van der Waals surface area contributed by atoms with Gasteiger partial charge in [0.1, 0.15) is 0 Å². The normalized spacial score (nSPS) is 17.4. The summed E-state index contributed by atoms with van der Waals surface area (Å²) >= 11 is 0. The molecule has 3 nitrogen and oxygen atoms in total. The first kappa shape index (κ1) is 11.3. The Hall–Kier alpha value is -0.730. The fraction of sp³-hybridized carbons (Fsp3) is 0.909. The molecule has 0 aliphatic heterocycles. The molecule has 3 heteroatoms. The third-order valence-electron chi connectivity index (χ3n) is 2.80. The number of nitrogens with one attached hydrogen (secondary N) is 1. The van der Waals surface area contributed by atoms with Crippen LogP contribution in [-0.2, 0) is 0 Å². The quantitative estimate of drug-likeness (QED) is 0.741. The molecule has 1 aliphatic rings. The molecule has 14 heavy (non-hydrogen) atoms. The van der Waals surface area contributed by atoms with Crippen LogP contribution in [-0.4, -0.2) is 30.6 Å². The maximum Gasteiger partial charge on any atom is 0.317 e. The summed E-state index contributed by atoms with van der Waals surface area (Å²) in [5, 5.41) is 2.73. The molecule has 82 valence electrons. The van der Waals surface area contributed by atoms with Crippen molar-refractivity contribution in [1.29, 1.82) is 0 Å². The van der Waals surface area contributed by atoms with Crippen molar-refractivity contribution in [3.63, 3.8) is 0 Å². The van der Waals surface area contributed by atoms with Crippen LogP contribution in [0, 0.1) is 5.92 Å². The van der Waals surface area contributed by atoms with Crippen LogP contribution in [0.5, 0.6) is 0 Å². The first-order valence-electron chi connectivity index (χ1n) is 5.63. The number of carbonyl (C=O) groups is 1. The third-order valence-corrected chi connectivity index (χ3v) is 2.80. The van der Waals surface area contributed by atoms with Crippen molar-refractivity contribution in [2.75, 3.05) is 13.6 Å². The molecule has 0 aromatic carbocycles. The van der Waals surface area contributed by atoms with Gasteiger partial charge in [-0.3, -0.25) is 0 Å². The van der Waals surface area contributed by atoms with E-state index in [4.69, 9.17) is 0 Å². The highest BCUT2D eigenvalue weighted by atomic mass is 16.2. The van der Waals surface area contributed by atoms with Gasteiger partial charge in [0.25, 0.3) is 0 Å². The Morgan fingerprint density at radius 2 is 2.00 bits per heavy atom. The molecule has 0 aromatic rings. The van der Waals surface area contributed by atoms with Crippen LogP contribution in [0.15, 0.2) is 0 Å². The van der Waals surface area contributed by atoms with Crippen molar-refractivity contribution in [2.24, 2.45) is 5.92 Å². The number of hydrogen-bond acceptors (Lipinski definition) is 1. The van der Waals surface area contributed by atoms with E-state index >= 15 is 0 Å². The Bertz CT molecular complexity index is 186. The van der Waals surface area contributed by atoms with Gasteiger partial charge in [-0.25, -0.2) is 4.79 Å². The number of rotatable bonds is 3. The zero-order valence-electron chi connectivity index (χ0n) is 9.55. The molecular formula is C11H22N2O. The maximum absolute atomic E-state index is 11.6. The molecule has 0 spiro atoms. The average molecular weight is 198 g/mol. The minimum absolute atomic E-state index is 0.0885. The van der Waals surface area contributed by atoms with Gasteiger partial charge in [0.2, 0.25) is 0 Å². The van der Waals surface area contributed by atoms with E-state index < -0.39 is 0 Å². The summed E-state index contributed by atoms with van der Waals surface area (Å²) < 4.78 is 0. The lowest BCUT2D eigenvalue weighted by molar-refractivity contribution is 0.168. The smallest absolute Gasteiger partial charge is 0.317 e. The van der Waals surface area contributed by atoms with Crippen LogP contribution in [0.25, 0.3) is 0 Å². The topological polar surface area (TPSA) is 32.3 Å². The molecule has 0 atom stereocenters. The van der Waals surface area contributed by atoms with E-state index in [-0.39, 0.29) is 6.03 Å². The Balaban J connectivity index is 2.55. The molecule has 1 rings (SSSR count). The fourth-order valence-electron chi connectivity index (χ4n) is 2.15. The molecular weight excluding hydrogens is 176 g/mol. The zero-order valence-corrected chi connectivity index (χ0v) is 9.55. The lowest BCUT2D eigenvalue weighted by atomic mass is 10.1. The van der Waals surface area contributed by atoms with Gasteiger partial charge in [-0.1, -0.05) is 26.7 Å². The second kappa shape index (κ2) is 5.23. The highest BCUT2D eigenvalue weighted by Gasteiger charge is 2.26. The van der Waals surface area contributed by atoms with E-state index in [1.165, 1.54) is 25.7 Å². The summed E-state index contributed by atoms with van der Waals surface area (Å²) in [5.41, 5.74) is 0. The van der Waals surface area contributed by atoms with Crippen LogP contribution < -0.4 is 5.32 Å². The predicted octanol–water partition coefficient (Wildman–Crippen LogP) is 2.23. The molecule has 0 aromatic heterocycles. The number of amides is 2. The Kier molecular flexibility index (Phi) is 4.23. The summed E-state index contributed by atoms with van der Waals surface area (Å²) in [6, 6.07) is 0.572. The summed E-state index contributed by atoms with van der Waals surface area (Å²) in [7, 11) is 1.71. The van der Waals surface area contributed by atoms with Gasteiger partial charge in [0.15, 0.2) is 0 Å². The molecule has 0 bridgehead atoms. The van der Waals surface area contributed by atoms with Crippen molar-refractivity contribution < 1.29 is 4.79 Å². The van der Waals surface area contributed by atoms with Crippen LogP contribution in [0.4, 0.5) is 4.79 Å². The molecule has 0 unspecified atom stereocenters. The van der Waals surface area contributed by atoms with Gasteiger partial charge >= 0.3 is 6.03 Å². The van der Waals surface area contributed by atoms with E-state index in [1.807, 2.05) is 4.90 Å². The maximum atomic E-state index is 11.6. The molecule has 0 heterocycles. The second-order valence-corrected chi connectivity index (χ2v) is 4.54. The van der Waals surface area contributed by atoms with Gasteiger partial charge in [-0.2, -0.15) is 0 Å². The molecule has 2 amide bonds. The standard InChI is InChI=1S/C11H22N2O/c1-9(2)8-13(11(14)12-3)10-6-4-5-7-10/h9-10H,4-8H2,1-3H3,(H,12,14). The van der Waals surface area contributed by atoms with Crippen molar-refractivity contribution in [3.05, 3.63) is 0 Å². The van der Waals surface area contributed by atoms with E-state index in [0.29, 0.717) is 12.0 Å². The SMILES string of the molecule is CNC(=O)N(CC(C)C)C1CCCC1. The lowest BCUT2D eigenvalue weighted by Crippen LogP contribution is -2.45. The number of carbonyl (C=O) groups excluding carboxylic acids is 1. The van der Waals surface area contributed by atoms with Crippen molar-refractivity contribution in [3.8, 4) is 0 Å². The minimum atomic E-state index is 0.0885.